The van der Waals surface area contributed by atoms with Crippen LogP contribution in [0.1, 0.15) is 21.6 Å². The van der Waals surface area contributed by atoms with Gasteiger partial charge in [0.05, 0.1) is 6.33 Å². The summed E-state index contributed by atoms with van der Waals surface area (Å²) in [6, 6.07) is 7.62. The maximum atomic E-state index is 11.6. The Labute approximate surface area is 115 Å². The van der Waals surface area contributed by atoms with Gasteiger partial charge >= 0.3 is 5.97 Å². The first-order valence-electron chi connectivity index (χ1n) is 5.86. The van der Waals surface area contributed by atoms with Crippen molar-refractivity contribution in [3.63, 3.8) is 0 Å². The Morgan fingerprint density at radius 1 is 1.30 bits per heavy atom. The Bertz CT molecular complexity index is 657. The third kappa shape index (κ3) is 3.32. The number of carbonyl (C=O) groups is 2. The highest BCUT2D eigenvalue weighted by molar-refractivity contribution is 5.95. The number of benzene rings is 1. The maximum Gasteiger partial charge on any atom is 0.337 e. The number of amides is 1. The van der Waals surface area contributed by atoms with Crippen molar-refractivity contribution in [3.8, 4) is 5.88 Å². The number of aromatic nitrogens is 2. The Kier molecular flexibility index (Phi) is 3.95. The van der Waals surface area contributed by atoms with E-state index >= 15 is 0 Å². The molecule has 0 unspecified atom stereocenters. The van der Waals surface area contributed by atoms with Crippen LogP contribution in [0.2, 0.25) is 0 Å². The molecule has 1 amide bonds. The summed E-state index contributed by atoms with van der Waals surface area (Å²) in [4.78, 5) is 28.8. The first-order valence-corrected chi connectivity index (χ1v) is 5.86. The van der Waals surface area contributed by atoms with E-state index in [9.17, 15) is 9.59 Å². The van der Waals surface area contributed by atoms with Gasteiger partial charge in [-0.3, -0.25) is 4.79 Å². The second-order valence-electron chi connectivity index (χ2n) is 4.11. The van der Waals surface area contributed by atoms with E-state index in [1.165, 1.54) is 12.4 Å². The Morgan fingerprint density at radius 2 is 2.00 bits per heavy atom. The zero-order valence-corrected chi connectivity index (χ0v) is 10.8. The summed E-state index contributed by atoms with van der Waals surface area (Å²) >= 11 is 0. The van der Waals surface area contributed by atoms with Crippen LogP contribution in [-0.4, -0.2) is 21.8 Å². The lowest BCUT2D eigenvalue weighted by atomic mass is 10.1. The fourth-order valence-electron chi connectivity index (χ4n) is 1.51. The number of nitrogens with one attached hydrogen (secondary N) is 1. The van der Waals surface area contributed by atoms with Gasteiger partial charge in [-0.25, -0.2) is 9.78 Å². The number of imidazole rings is 1. The minimum Gasteiger partial charge on any atom is -0.402 e. The van der Waals surface area contributed by atoms with E-state index in [0.29, 0.717) is 0 Å². The van der Waals surface area contributed by atoms with Crippen LogP contribution in [0.5, 0.6) is 5.88 Å². The average molecular weight is 271 g/mol. The van der Waals surface area contributed by atoms with Gasteiger partial charge in [0.25, 0.3) is 11.8 Å². The minimum absolute atomic E-state index is 0.0397. The molecule has 0 saturated heterocycles. The highest BCUT2D eigenvalue weighted by atomic mass is 16.5. The largest absolute Gasteiger partial charge is 0.402 e. The quantitative estimate of drug-likeness (QED) is 0.649. The molecule has 2 aromatic rings. The molecule has 6 nitrogen and oxygen atoms in total. The zero-order chi connectivity index (χ0) is 14.5. The summed E-state index contributed by atoms with van der Waals surface area (Å²) in [5.41, 5.74) is 7.05. The fraction of sp³-hybridized carbons (Fsp3) is 0.0714. The van der Waals surface area contributed by atoms with Crippen molar-refractivity contribution in [1.29, 1.82) is 0 Å². The van der Waals surface area contributed by atoms with Gasteiger partial charge < -0.3 is 15.5 Å². The van der Waals surface area contributed by atoms with E-state index in [4.69, 9.17) is 10.5 Å². The Hall–Kier alpha value is -2.89. The third-order valence-corrected chi connectivity index (χ3v) is 2.54. The molecule has 102 valence electrons. The molecule has 0 aliphatic heterocycles. The molecule has 0 radical (unpaired) electrons. The van der Waals surface area contributed by atoms with Crippen LogP contribution in [0, 0.1) is 6.92 Å². The second-order valence-corrected chi connectivity index (χ2v) is 4.11. The van der Waals surface area contributed by atoms with Crippen LogP contribution in [0.25, 0.3) is 6.08 Å². The SMILES string of the molecule is Cc1ccc(C=CC(=O)Oc2nc[nH]c2C(N)=O)cc1. The molecule has 0 spiro atoms. The van der Waals surface area contributed by atoms with Gasteiger partial charge in [0.2, 0.25) is 0 Å². The smallest absolute Gasteiger partial charge is 0.337 e. The molecule has 3 N–H and O–H groups in total. The molecular weight excluding hydrogens is 258 g/mol. The van der Waals surface area contributed by atoms with Crippen LogP contribution in [-0.2, 0) is 4.79 Å². The molecular formula is C14H13N3O3. The number of carbonyl (C=O) groups excluding carboxylic acids is 2. The minimum atomic E-state index is -0.743. The molecule has 0 bridgehead atoms. The number of aromatic amines is 1. The number of H-pyrrole nitrogens is 1. The molecule has 20 heavy (non-hydrogen) atoms. The molecule has 0 saturated carbocycles. The maximum absolute atomic E-state index is 11.6. The van der Waals surface area contributed by atoms with Crippen molar-refractivity contribution in [1.82, 2.24) is 9.97 Å². The number of nitrogens with two attached hydrogens (primary N) is 1. The van der Waals surface area contributed by atoms with Gasteiger partial charge in [-0.2, -0.15) is 0 Å². The molecule has 0 fully saturated rings. The van der Waals surface area contributed by atoms with E-state index in [1.807, 2.05) is 31.2 Å². The standard InChI is InChI=1S/C14H13N3O3/c1-9-2-4-10(5-3-9)6-7-11(18)20-14-12(13(15)19)16-8-17-14/h2-8H,1H3,(H2,15,19)(H,16,17). The third-order valence-electron chi connectivity index (χ3n) is 2.54. The first kappa shape index (κ1) is 13.5. The molecule has 6 heteroatoms. The van der Waals surface area contributed by atoms with E-state index in [0.717, 1.165) is 11.1 Å². The van der Waals surface area contributed by atoms with E-state index < -0.39 is 11.9 Å². The summed E-state index contributed by atoms with van der Waals surface area (Å²) in [5.74, 6) is -1.51. The van der Waals surface area contributed by atoms with Crippen molar-refractivity contribution in [2.45, 2.75) is 6.92 Å². The predicted molar refractivity (Wildman–Crippen MR) is 73.0 cm³/mol. The van der Waals surface area contributed by atoms with Crippen LogP contribution in [0.15, 0.2) is 36.7 Å². The van der Waals surface area contributed by atoms with Gasteiger partial charge in [0.15, 0.2) is 5.69 Å². The number of rotatable bonds is 4. The molecule has 0 atom stereocenters. The number of nitrogens with zero attached hydrogens (tertiary/aromatic N) is 1. The Balaban J connectivity index is 2.03. The van der Waals surface area contributed by atoms with E-state index in [2.05, 4.69) is 9.97 Å². The van der Waals surface area contributed by atoms with Crippen molar-refractivity contribution in [2.24, 2.45) is 5.73 Å². The number of aryl methyl sites for hydroxylation is 1. The highest BCUT2D eigenvalue weighted by Crippen LogP contribution is 2.12. The summed E-state index contributed by atoms with van der Waals surface area (Å²) < 4.78 is 4.92. The lowest BCUT2D eigenvalue weighted by Crippen LogP contribution is -2.14. The predicted octanol–water partition coefficient (Wildman–Crippen LogP) is 1.44. The average Bonchev–Trinajstić information content (AvgIpc) is 2.86. The number of hydrogen-bond donors (Lipinski definition) is 2. The van der Waals surface area contributed by atoms with Gasteiger partial charge in [0.1, 0.15) is 0 Å². The molecule has 0 aliphatic rings. The summed E-state index contributed by atoms with van der Waals surface area (Å²) in [5, 5.41) is 0. The zero-order valence-electron chi connectivity index (χ0n) is 10.8. The summed E-state index contributed by atoms with van der Waals surface area (Å²) in [6.45, 7) is 1.98. The topological polar surface area (TPSA) is 98.1 Å². The van der Waals surface area contributed by atoms with Crippen molar-refractivity contribution in [2.75, 3.05) is 0 Å². The highest BCUT2D eigenvalue weighted by Gasteiger charge is 2.14. The molecule has 0 aliphatic carbocycles. The molecule has 1 aromatic heterocycles. The van der Waals surface area contributed by atoms with Crippen molar-refractivity contribution >= 4 is 18.0 Å². The fourth-order valence-corrected chi connectivity index (χ4v) is 1.51. The van der Waals surface area contributed by atoms with Gasteiger partial charge in [0, 0.05) is 6.08 Å². The monoisotopic (exact) mass is 271 g/mol. The lowest BCUT2D eigenvalue weighted by molar-refractivity contribution is -0.129. The van der Waals surface area contributed by atoms with Crippen LogP contribution in [0.3, 0.4) is 0 Å². The van der Waals surface area contributed by atoms with Gasteiger partial charge in [-0.1, -0.05) is 29.8 Å². The summed E-state index contributed by atoms with van der Waals surface area (Å²) in [7, 11) is 0. The van der Waals surface area contributed by atoms with Crippen LogP contribution < -0.4 is 10.5 Å². The number of primary amides is 1. The van der Waals surface area contributed by atoms with Crippen LogP contribution >= 0.6 is 0 Å². The normalized spacial score (nSPS) is 10.7. The second kappa shape index (κ2) is 5.83. The van der Waals surface area contributed by atoms with Crippen molar-refractivity contribution < 1.29 is 14.3 Å². The van der Waals surface area contributed by atoms with E-state index in [-0.39, 0.29) is 11.6 Å². The van der Waals surface area contributed by atoms with E-state index in [1.54, 1.807) is 6.08 Å². The van der Waals surface area contributed by atoms with Gasteiger partial charge in [-0.15, -0.1) is 0 Å². The van der Waals surface area contributed by atoms with Gasteiger partial charge in [-0.05, 0) is 18.6 Å². The number of ether oxygens (including phenoxy) is 1. The molecule has 2 rings (SSSR count). The summed E-state index contributed by atoms with van der Waals surface area (Å²) in [6.07, 6.45) is 4.09. The molecule has 1 aromatic carbocycles. The van der Waals surface area contributed by atoms with Crippen molar-refractivity contribution in [3.05, 3.63) is 53.5 Å². The first-order chi connectivity index (χ1) is 9.56. The Morgan fingerprint density at radius 3 is 2.65 bits per heavy atom. The number of esters is 1. The lowest BCUT2D eigenvalue weighted by Gasteiger charge is -1.99. The number of hydrogen-bond acceptors (Lipinski definition) is 4. The molecule has 1 heterocycles. The van der Waals surface area contributed by atoms with Crippen LogP contribution in [0.4, 0.5) is 0 Å².